The molecular weight excluding hydrogens is 228 g/mol. The molecule has 0 heterocycles. The lowest BCUT2D eigenvalue weighted by molar-refractivity contribution is -0.386. The van der Waals surface area contributed by atoms with Crippen LogP contribution in [0.15, 0.2) is 18.2 Å². The first-order chi connectivity index (χ1) is 7.99. The lowest BCUT2D eigenvalue weighted by Gasteiger charge is -2.16. The fraction of sp³-hybridized carbons (Fsp3) is 0.300. The number of phenolic OH excluding ortho intramolecular Hbond substituents is 1. The molecule has 2 atom stereocenters. The van der Waals surface area contributed by atoms with E-state index in [1.807, 2.05) is 0 Å². The zero-order chi connectivity index (χ0) is 13.0. The van der Waals surface area contributed by atoms with Gasteiger partial charge in [0.25, 0.3) is 0 Å². The van der Waals surface area contributed by atoms with Crippen LogP contribution >= 0.6 is 0 Å². The molecule has 1 rings (SSSR count). The number of phenols is 1. The van der Waals surface area contributed by atoms with E-state index in [1.54, 1.807) is 6.07 Å². The van der Waals surface area contributed by atoms with Gasteiger partial charge < -0.3 is 15.3 Å². The maximum Gasteiger partial charge on any atom is 0.311 e. The summed E-state index contributed by atoms with van der Waals surface area (Å²) in [4.78, 5) is 9.74. The summed E-state index contributed by atoms with van der Waals surface area (Å²) in [7, 11) is 0. The van der Waals surface area contributed by atoms with Crippen molar-refractivity contribution in [3.63, 3.8) is 0 Å². The number of nitro groups is 1. The third-order valence-electron chi connectivity index (χ3n) is 2.23. The van der Waals surface area contributed by atoms with Gasteiger partial charge >= 0.3 is 5.69 Å². The van der Waals surface area contributed by atoms with Crippen LogP contribution in [0.5, 0.6) is 5.75 Å². The summed E-state index contributed by atoms with van der Waals surface area (Å²) in [6.45, 7) is 0. The van der Waals surface area contributed by atoms with E-state index in [-0.39, 0.29) is 12.0 Å². The van der Waals surface area contributed by atoms with Crippen molar-refractivity contribution in [2.75, 3.05) is 0 Å². The summed E-state index contributed by atoms with van der Waals surface area (Å²) < 4.78 is 0. The highest BCUT2D eigenvalue weighted by atomic mass is 16.6. The van der Waals surface area contributed by atoms with Crippen LogP contribution in [0.2, 0.25) is 0 Å². The Morgan fingerprint density at radius 3 is 2.65 bits per heavy atom. The van der Waals surface area contributed by atoms with Gasteiger partial charge in [0.05, 0.1) is 23.5 Å². The molecule has 7 heteroatoms. The molecule has 0 radical (unpaired) electrons. The minimum atomic E-state index is -1.55. The first-order valence-corrected chi connectivity index (χ1v) is 4.68. The van der Waals surface area contributed by atoms with Gasteiger partial charge in [-0.15, -0.1) is 0 Å². The summed E-state index contributed by atoms with van der Waals surface area (Å²) in [6.07, 6.45) is -3.30. The first kappa shape index (κ1) is 12.9. The molecule has 0 aromatic heterocycles. The molecule has 0 spiro atoms. The van der Waals surface area contributed by atoms with Gasteiger partial charge in [0.2, 0.25) is 0 Å². The van der Waals surface area contributed by atoms with Gasteiger partial charge in [0.1, 0.15) is 6.10 Å². The van der Waals surface area contributed by atoms with Gasteiger partial charge in [0.15, 0.2) is 5.75 Å². The van der Waals surface area contributed by atoms with Crippen molar-refractivity contribution in [1.82, 2.24) is 0 Å². The lowest BCUT2D eigenvalue weighted by atomic mass is 10.0. The molecule has 0 saturated carbocycles. The van der Waals surface area contributed by atoms with E-state index < -0.39 is 28.6 Å². The molecule has 7 nitrogen and oxygen atoms in total. The third kappa shape index (κ3) is 2.69. The number of rotatable bonds is 4. The number of aliphatic hydroxyl groups is 2. The summed E-state index contributed by atoms with van der Waals surface area (Å²) >= 11 is 0. The fourth-order valence-corrected chi connectivity index (χ4v) is 1.35. The predicted octanol–water partition coefficient (Wildman–Crippen LogP) is 0.608. The van der Waals surface area contributed by atoms with Gasteiger partial charge in [-0.3, -0.25) is 10.1 Å². The Kier molecular flexibility index (Phi) is 3.98. The monoisotopic (exact) mass is 238 g/mol. The highest BCUT2D eigenvalue weighted by Gasteiger charge is 2.25. The zero-order valence-electron chi connectivity index (χ0n) is 8.65. The van der Waals surface area contributed by atoms with Crippen molar-refractivity contribution in [2.45, 2.75) is 18.6 Å². The van der Waals surface area contributed by atoms with Gasteiger partial charge in [0, 0.05) is 11.6 Å². The highest BCUT2D eigenvalue weighted by molar-refractivity contribution is 5.51. The van der Waals surface area contributed by atoms with Crippen LogP contribution in [-0.2, 0) is 0 Å². The third-order valence-corrected chi connectivity index (χ3v) is 2.23. The SMILES string of the molecule is N#CCC(O)C(O)c1cccc([N+](=O)[O-])c1O. The van der Waals surface area contributed by atoms with Gasteiger partial charge in [-0.25, -0.2) is 0 Å². The summed E-state index contributed by atoms with van der Waals surface area (Å²) in [5.74, 6) is -0.706. The van der Waals surface area contributed by atoms with Gasteiger partial charge in [-0.1, -0.05) is 12.1 Å². The fourth-order valence-electron chi connectivity index (χ4n) is 1.35. The molecule has 17 heavy (non-hydrogen) atoms. The van der Waals surface area contributed by atoms with E-state index in [1.165, 1.54) is 12.1 Å². The van der Waals surface area contributed by atoms with Crippen LogP contribution < -0.4 is 0 Å². The summed E-state index contributed by atoms with van der Waals surface area (Å²) in [6, 6.07) is 5.24. The maximum atomic E-state index is 10.5. The smallest absolute Gasteiger partial charge is 0.311 e. The minimum Gasteiger partial charge on any atom is -0.502 e. The lowest BCUT2D eigenvalue weighted by Crippen LogP contribution is -2.17. The van der Waals surface area contributed by atoms with E-state index in [4.69, 9.17) is 5.26 Å². The van der Waals surface area contributed by atoms with Gasteiger partial charge in [-0.05, 0) is 0 Å². The largest absolute Gasteiger partial charge is 0.502 e. The zero-order valence-corrected chi connectivity index (χ0v) is 8.65. The van der Waals surface area contributed by atoms with Crippen LogP contribution in [-0.4, -0.2) is 26.3 Å². The molecule has 0 fully saturated rings. The number of benzene rings is 1. The van der Waals surface area contributed by atoms with Crippen molar-refractivity contribution in [3.05, 3.63) is 33.9 Å². The maximum absolute atomic E-state index is 10.5. The number of hydrogen-bond donors (Lipinski definition) is 3. The number of para-hydroxylation sites is 1. The van der Waals surface area contributed by atoms with E-state index in [0.717, 1.165) is 6.07 Å². The van der Waals surface area contributed by atoms with Crippen molar-refractivity contribution < 1.29 is 20.2 Å². The van der Waals surface area contributed by atoms with Crippen molar-refractivity contribution in [1.29, 1.82) is 5.26 Å². The van der Waals surface area contributed by atoms with E-state index >= 15 is 0 Å². The number of nitrogens with zero attached hydrogens (tertiary/aromatic N) is 2. The van der Waals surface area contributed by atoms with Crippen LogP contribution in [0.25, 0.3) is 0 Å². The molecule has 0 aliphatic rings. The van der Waals surface area contributed by atoms with Crippen molar-refractivity contribution in [3.8, 4) is 11.8 Å². The molecule has 0 saturated heterocycles. The van der Waals surface area contributed by atoms with Crippen LogP contribution in [0.3, 0.4) is 0 Å². The Balaban J connectivity index is 3.11. The number of aromatic hydroxyl groups is 1. The number of nitro benzene ring substituents is 1. The Labute approximate surface area is 96.3 Å². The van der Waals surface area contributed by atoms with Gasteiger partial charge in [-0.2, -0.15) is 5.26 Å². The van der Waals surface area contributed by atoms with E-state index in [2.05, 4.69) is 0 Å². The Morgan fingerprint density at radius 1 is 1.47 bits per heavy atom. The molecule has 0 amide bonds. The Morgan fingerprint density at radius 2 is 2.12 bits per heavy atom. The minimum absolute atomic E-state index is 0.179. The normalized spacial score (nSPS) is 13.7. The first-order valence-electron chi connectivity index (χ1n) is 4.68. The van der Waals surface area contributed by atoms with E-state index in [9.17, 15) is 25.4 Å². The van der Waals surface area contributed by atoms with Crippen LogP contribution in [0.4, 0.5) is 5.69 Å². The molecule has 0 aliphatic heterocycles. The quantitative estimate of drug-likeness (QED) is 0.520. The highest BCUT2D eigenvalue weighted by Crippen LogP contribution is 2.34. The molecule has 0 bridgehead atoms. The number of aliphatic hydroxyl groups excluding tert-OH is 2. The average molecular weight is 238 g/mol. The second-order valence-electron chi connectivity index (χ2n) is 3.35. The Hall–Kier alpha value is -2.17. The van der Waals surface area contributed by atoms with Crippen LogP contribution in [0, 0.1) is 21.4 Å². The molecule has 3 N–H and O–H groups in total. The standard InChI is InChI=1S/C10H10N2O5/c11-5-4-8(13)10(15)6-2-1-3-7(9(6)14)12(16)17/h1-3,8,10,13-15H,4H2. The molecular formula is C10H10N2O5. The Bertz CT molecular complexity index is 468. The number of hydrogen-bond acceptors (Lipinski definition) is 6. The summed E-state index contributed by atoms with van der Waals surface area (Å²) in [5.41, 5.74) is -0.743. The van der Waals surface area contributed by atoms with Crippen LogP contribution in [0.1, 0.15) is 18.1 Å². The van der Waals surface area contributed by atoms with Crippen molar-refractivity contribution >= 4 is 5.69 Å². The number of nitriles is 1. The second-order valence-corrected chi connectivity index (χ2v) is 3.35. The predicted molar refractivity (Wildman–Crippen MR) is 56.0 cm³/mol. The molecule has 1 aromatic rings. The second kappa shape index (κ2) is 5.25. The molecule has 2 unspecified atom stereocenters. The summed E-state index contributed by atoms with van der Waals surface area (Å²) in [5, 5.41) is 47.4. The topological polar surface area (TPSA) is 128 Å². The molecule has 0 aliphatic carbocycles. The van der Waals surface area contributed by atoms with Crippen molar-refractivity contribution in [2.24, 2.45) is 0 Å². The molecule has 1 aromatic carbocycles. The van der Waals surface area contributed by atoms with E-state index in [0.29, 0.717) is 0 Å². The average Bonchev–Trinajstić information content (AvgIpc) is 2.28. The molecule has 90 valence electrons.